The summed E-state index contributed by atoms with van der Waals surface area (Å²) in [5.74, 6) is 0.558. The maximum absolute atomic E-state index is 10.9. The van der Waals surface area contributed by atoms with Gasteiger partial charge in [-0.25, -0.2) is 4.98 Å². The Morgan fingerprint density at radius 2 is 2.08 bits per heavy atom. The van der Waals surface area contributed by atoms with E-state index in [0.717, 1.165) is 17.7 Å². The number of nitrogen functional groups attached to an aromatic ring is 1. The number of aromatic nitrogens is 2. The Morgan fingerprint density at radius 1 is 1.23 bits per heavy atom. The van der Waals surface area contributed by atoms with Crippen LogP contribution in [0.5, 0.6) is 0 Å². The van der Waals surface area contributed by atoms with Gasteiger partial charge in [0, 0.05) is 6.42 Å². The normalized spacial score (nSPS) is 16.0. The SMILES string of the molecule is Nc1cnc(C2=CC(=O)CC2)cn1. The van der Waals surface area contributed by atoms with Crippen LogP contribution in [0.25, 0.3) is 5.57 Å². The van der Waals surface area contributed by atoms with E-state index in [1.807, 2.05) is 0 Å². The van der Waals surface area contributed by atoms with Crippen LogP contribution in [-0.4, -0.2) is 15.8 Å². The fraction of sp³-hybridized carbons (Fsp3) is 0.222. The Bertz CT molecular complexity index is 367. The van der Waals surface area contributed by atoms with Gasteiger partial charge in [0.2, 0.25) is 0 Å². The van der Waals surface area contributed by atoms with Gasteiger partial charge in [-0.15, -0.1) is 0 Å². The van der Waals surface area contributed by atoms with E-state index in [1.165, 1.54) is 6.20 Å². The zero-order valence-electron chi connectivity index (χ0n) is 7.03. The van der Waals surface area contributed by atoms with Gasteiger partial charge in [-0.1, -0.05) is 0 Å². The van der Waals surface area contributed by atoms with Crippen molar-refractivity contribution in [1.82, 2.24) is 9.97 Å². The molecule has 0 spiro atoms. The average Bonchev–Trinajstić information content (AvgIpc) is 2.53. The zero-order chi connectivity index (χ0) is 9.26. The second-order valence-corrected chi connectivity index (χ2v) is 2.96. The molecule has 1 aromatic rings. The lowest BCUT2D eigenvalue weighted by atomic mass is 10.2. The van der Waals surface area contributed by atoms with Gasteiger partial charge in [0.15, 0.2) is 5.78 Å². The van der Waals surface area contributed by atoms with Crippen molar-refractivity contribution in [2.75, 3.05) is 5.73 Å². The number of carbonyl (C=O) groups excluding carboxylic acids is 1. The molecule has 0 aromatic carbocycles. The largest absolute Gasteiger partial charge is 0.382 e. The van der Waals surface area contributed by atoms with Gasteiger partial charge in [-0.05, 0) is 18.1 Å². The molecule has 0 atom stereocenters. The van der Waals surface area contributed by atoms with Crippen LogP contribution in [0.15, 0.2) is 18.5 Å². The van der Waals surface area contributed by atoms with Gasteiger partial charge in [-0.2, -0.15) is 0 Å². The molecule has 4 nitrogen and oxygen atoms in total. The highest BCUT2D eigenvalue weighted by Gasteiger charge is 2.14. The van der Waals surface area contributed by atoms with E-state index in [0.29, 0.717) is 12.2 Å². The Morgan fingerprint density at radius 3 is 2.62 bits per heavy atom. The van der Waals surface area contributed by atoms with Gasteiger partial charge in [0.05, 0.1) is 18.1 Å². The predicted octanol–water partition coefficient (Wildman–Crippen LogP) is 0.805. The van der Waals surface area contributed by atoms with E-state index in [-0.39, 0.29) is 5.78 Å². The average molecular weight is 175 g/mol. The molecule has 2 N–H and O–H groups in total. The number of allylic oxidation sites excluding steroid dienone is 2. The summed E-state index contributed by atoms with van der Waals surface area (Å²) in [4.78, 5) is 18.9. The van der Waals surface area contributed by atoms with E-state index in [4.69, 9.17) is 5.73 Å². The molecule has 0 unspecified atom stereocenters. The van der Waals surface area contributed by atoms with Crippen molar-refractivity contribution < 1.29 is 4.79 Å². The van der Waals surface area contributed by atoms with Gasteiger partial charge in [0.25, 0.3) is 0 Å². The lowest BCUT2D eigenvalue weighted by Crippen LogP contribution is -1.94. The van der Waals surface area contributed by atoms with Crippen LogP contribution in [0.2, 0.25) is 0 Å². The number of nitrogens with zero attached hydrogens (tertiary/aromatic N) is 2. The van der Waals surface area contributed by atoms with Crippen LogP contribution >= 0.6 is 0 Å². The Kier molecular flexibility index (Phi) is 1.81. The minimum absolute atomic E-state index is 0.161. The van der Waals surface area contributed by atoms with Crippen molar-refractivity contribution in [2.24, 2.45) is 0 Å². The molecular weight excluding hydrogens is 166 g/mol. The molecule has 2 rings (SSSR count). The first-order chi connectivity index (χ1) is 6.25. The third-order valence-corrected chi connectivity index (χ3v) is 1.98. The first-order valence-electron chi connectivity index (χ1n) is 4.07. The minimum Gasteiger partial charge on any atom is -0.382 e. The van der Waals surface area contributed by atoms with Crippen molar-refractivity contribution in [3.05, 3.63) is 24.2 Å². The van der Waals surface area contributed by atoms with Crippen molar-refractivity contribution in [3.63, 3.8) is 0 Å². The lowest BCUT2D eigenvalue weighted by molar-refractivity contribution is -0.114. The van der Waals surface area contributed by atoms with E-state index in [2.05, 4.69) is 9.97 Å². The molecule has 13 heavy (non-hydrogen) atoms. The van der Waals surface area contributed by atoms with Crippen molar-refractivity contribution in [2.45, 2.75) is 12.8 Å². The molecule has 0 bridgehead atoms. The van der Waals surface area contributed by atoms with Crippen LogP contribution in [0.1, 0.15) is 18.5 Å². The number of ketones is 1. The standard InChI is InChI=1S/C9H9N3O/c10-9-5-11-8(4-12-9)6-1-2-7(13)3-6/h3-5H,1-2H2,(H2,10,12). The van der Waals surface area contributed by atoms with Gasteiger partial charge in [-0.3, -0.25) is 9.78 Å². The van der Waals surface area contributed by atoms with Crippen LogP contribution in [0, 0.1) is 0 Å². The maximum atomic E-state index is 10.9. The highest BCUT2D eigenvalue weighted by Crippen LogP contribution is 2.23. The molecule has 0 aliphatic heterocycles. The molecule has 66 valence electrons. The number of nitrogens with two attached hydrogens (primary N) is 1. The molecule has 4 heteroatoms. The first kappa shape index (κ1) is 7.91. The number of anilines is 1. The molecular formula is C9H9N3O. The summed E-state index contributed by atoms with van der Waals surface area (Å²) in [7, 11) is 0. The number of rotatable bonds is 1. The Labute approximate surface area is 75.5 Å². The smallest absolute Gasteiger partial charge is 0.156 e. The van der Waals surface area contributed by atoms with Crippen LogP contribution in [0.4, 0.5) is 5.82 Å². The summed E-state index contributed by atoms with van der Waals surface area (Å²) in [6.07, 6.45) is 6.07. The quantitative estimate of drug-likeness (QED) is 0.685. The molecule has 1 aliphatic carbocycles. The highest BCUT2D eigenvalue weighted by atomic mass is 16.1. The minimum atomic E-state index is 0.161. The summed E-state index contributed by atoms with van der Waals surface area (Å²) in [6, 6.07) is 0. The van der Waals surface area contributed by atoms with Crippen molar-refractivity contribution in [3.8, 4) is 0 Å². The fourth-order valence-corrected chi connectivity index (χ4v) is 1.30. The first-order valence-corrected chi connectivity index (χ1v) is 4.07. The van der Waals surface area contributed by atoms with Crippen molar-refractivity contribution >= 4 is 17.2 Å². The monoisotopic (exact) mass is 175 g/mol. The Hall–Kier alpha value is -1.71. The van der Waals surface area contributed by atoms with Gasteiger partial charge < -0.3 is 5.73 Å². The molecule has 1 aliphatic rings. The van der Waals surface area contributed by atoms with Gasteiger partial charge >= 0.3 is 0 Å². The van der Waals surface area contributed by atoms with Crippen LogP contribution in [0.3, 0.4) is 0 Å². The molecule has 1 aromatic heterocycles. The fourth-order valence-electron chi connectivity index (χ4n) is 1.30. The van der Waals surface area contributed by atoms with E-state index in [9.17, 15) is 4.79 Å². The summed E-state index contributed by atoms with van der Waals surface area (Å²) < 4.78 is 0. The second-order valence-electron chi connectivity index (χ2n) is 2.96. The van der Waals surface area contributed by atoms with E-state index in [1.54, 1.807) is 12.3 Å². The molecule has 0 radical (unpaired) electrons. The lowest BCUT2D eigenvalue weighted by Gasteiger charge is -1.98. The molecule has 0 saturated carbocycles. The van der Waals surface area contributed by atoms with E-state index < -0.39 is 0 Å². The molecule has 1 heterocycles. The molecule has 0 fully saturated rings. The summed E-state index contributed by atoms with van der Waals surface area (Å²) >= 11 is 0. The van der Waals surface area contributed by atoms with Crippen LogP contribution < -0.4 is 5.73 Å². The zero-order valence-corrected chi connectivity index (χ0v) is 7.03. The van der Waals surface area contributed by atoms with Crippen molar-refractivity contribution in [1.29, 1.82) is 0 Å². The summed E-state index contributed by atoms with van der Waals surface area (Å²) in [5.41, 5.74) is 7.10. The predicted molar refractivity (Wildman–Crippen MR) is 48.7 cm³/mol. The highest BCUT2D eigenvalue weighted by molar-refractivity contribution is 6.01. The summed E-state index contributed by atoms with van der Waals surface area (Å²) in [6.45, 7) is 0. The Balaban J connectivity index is 2.31. The van der Waals surface area contributed by atoms with Crippen LogP contribution in [-0.2, 0) is 4.79 Å². The number of carbonyl (C=O) groups is 1. The van der Waals surface area contributed by atoms with E-state index >= 15 is 0 Å². The topological polar surface area (TPSA) is 68.9 Å². The maximum Gasteiger partial charge on any atom is 0.156 e. The molecule has 0 saturated heterocycles. The third-order valence-electron chi connectivity index (χ3n) is 1.98. The third kappa shape index (κ3) is 1.56. The number of hydrogen-bond donors (Lipinski definition) is 1. The van der Waals surface area contributed by atoms with Gasteiger partial charge in [0.1, 0.15) is 5.82 Å². The molecule has 0 amide bonds. The number of hydrogen-bond acceptors (Lipinski definition) is 4. The summed E-state index contributed by atoms with van der Waals surface area (Å²) in [5, 5.41) is 0. The second kappa shape index (κ2) is 2.97.